The van der Waals surface area contributed by atoms with Gasteiger partial charge >= 0.3 is 0 Å². The lowest BCUT2D eigenvalue weighted by Gasteiger charge is -2.34. The quantitative estimate of drug-likeness (QED) is 0.169. The molecule has 4 amide bonds. The fourth-order valence-electron chi connectivity index (χ4n) is 7.19. The maximum absolute atomic E-state index is 13.7. The maximum atomic E-state index is 13.7. The van der Waals surface area contributed by atoms with Gasteiger partial charge in [-0.1, -0.05) is 36.4 Å². The van der Waals surface area contributed by atoms with Crippen molar-refractivity contribution in [3.05, 3.63) is 150 Å². The minimum Gasteiger partial charge on any atom is -0.503 e. The fourth-order valence-corrected chi connectivity index (χ4v) is 7.19. The van der Waals surface area contributed by atoms with Crippen LogP contribution in [-0.4, -0.2) is 79.0 Å². The Kier molecular flexibility index (Phi) is 10.7. The number of aromatic nitrogens is 2. The molecule has 0 saturated carbocycles. The summed E-state index contributed by atoms with van der Waals surface area (Å²) < 4.78 is 56.4. The Morgan fingerprint density at radius 1 is 0.621 bits per heavy atom. The highest BCUT2D eigenvalue weighted by Gasteiger charge is 2.37. The van der Waals surface area contributed by atoms with Crippen molar-refractivity contribution in [2.45, 2.75) is 38.0 Å². The van der Waals surface area contributed by atoms with Crippen LogP contribution in [0.5, 0.6) is 11.5 Å². The summed E-state index contributed by atoms with van der Waals surface area (Å²) in [6.07, 6.45) is 11.1. The topological polar surface area (TPSA) is 183 Å². The molecule has 18 heteroatoms. The number of amides is 4. The van der Waals surface area contributed by atoms with Crippen molar-refractivity contribution in [3.8, 4) is 11.5 Å². The normalized spacial score (nSPS) is 17.7. The van der Waals surface area contributed by atoms with Gasteiger partial charge in [-0.25, -0.2) is 17.6 Å². The Labute approximate surface area is 325 Å². The van der Waals surface area contributed by atoms with Gasteiger partial charge in [0.05, 0.1) is 12.1 Å². The van der Waals surface area contributed by atoms with E-state index in [0.717, 1.165) is 12.1 Å². The van der Waals surface area contributed by atoms with E-state index in [4.69, 9.17) is 0 Å². The van der Waals surface area contributed by atoms with Crippen molar-refractivity contribution < 1.29 is 47.0 Å². The number of hydrogen-bond donors (Lipinski definition) is 4. The molecule has 2 aromatic heterocycles. The molecule has 0 fully saturated rings. The summed E-state index contributed by atoms with van der Waals surface area (Å²) >= 11 is 0. The van der Waals surface area contributed by atoms with Crippen molar-refractivity contribution in [3.63, 3.8) is 0 Å². The predicted octanol–water partition coefficient (Wildman–Crippen LogP) is 3.44. The lowest BCUT2D eigenvalue weighted by molar-refractivity contribution is 0.0682. The number of nitrogens with zero attached hydrogens (tertiary/aromatic N) is 4. The zero-order chi connectivity index (χ0) is 41.4. The molecule has 4 N–H and O–H groups in total. The van der Waals surface area contributed by atoms with E-state index < -0.39 is 69.3 Å². The number of aromatic hydroxyl groups is 2. The summed E-state index contributed by atoms with van der Waals surface area (Å²) in [5, 5.41) is 25.5. The van der Waals surface area contributed by atoms with E-state index in [1.165, 1.54) is 43.5 Å². The molecule has 4 aliphatic rings. The number of pyridine rings is 2. The van der Waals surface area contributed by atoms with Gasteiger partial charge in [-0.2, -0.15) is 0 Å². The van der Waals surface area contributed by atoms with Crippen LogP contribution in [0.15, 0.2) is 82.7 Å². The third-order valence-corrected chi connectivity index (χ3v) is 10.2. The van der Waals surface area contributed by atoms with E-state index in [2.05, 4.69) is 10.6 Å². The van der Waals surface area contributed by atoms with E-state index in [1.807, 2.05) is 24.3 Å². The molecule has 4 aliphatic heterocycles. The van der Waals surface area contributed by atoms with Crippen LogP contribution >= 0.6 is 0 Å². The molecule has 8 rings (SSSR count). The first kappa shape index (κ1) is 39.3. The van der Waals surface area contributed by atoms with Gasteiger partial charge < -0.3 is 39.8 Å². The number of allylic oxidation sites excluding steroid dienone is 2. The molecule has 4 aromatic rings. The number of halogens is 4. The second-order valence-corrected chi connectivity index (χ2v) is 13.9. The molecule has 0 spiro atoms. The minimum atomic E-state index is -0.977. The van der Waals surface area contributed by atoms with Gasteiger partial charge in [0.1, 0.15) is 34.4 Å². The lowest BCUT2D eigenvalue weighted by atomic mass is 10.1. The molecule has 58 heavy (non-hydrogen) atoms. The molecular formula is C40H34F4N6O8. The Hall–Kier alpha value is -6.98. The SMILES string of the molecule is O=C(NCc1ccc(F)cc1F)c1cn2c(c(O)c1=O)C(=O)N1CC=CC[C@@H]2C1.O=C(NCc1ccc(F)cc1F)c1cn2c(c(O)c1=O)C(=O)N1CC=CC[C@H]2C1. The summed E-state index contributed by atoms with van der Waals surface area (Å²) in [4.78, 5) is 78.4. The molecule has 2 aromatic carbocycles. The Bertz CT molecular complexity index is 2390. The van der Waals surface area contributed by atoms with Crippen molar-refractivity contribution in [2.75, 3.05) is 26.2 Å². The number of carbonyl (C=O) groups is 4. The first-order valence-electron chi connectivity index (χ1n) is 18.0. The molecule has 0 unspecified atom stereocenters. The van der Waals surface area contributed by atoms with Crippen LogP contribution < -0.4 is 21.5 Å². The van der Waals surface area contributed by atoms with Crippen molar-refractivity contribution in [1.29, 1.82) is 0 Å². The molecule has 0 saturated heterocycles. The molecule has 14 nitrogen and oxygen atoms in total. The van der Waals surface area contributed by atoms with Crippen LogP contribution in [0.1, 0.15) is 77.7 Å². The summed E-state index contributed by atoms with van der Waals surface area (Å²) in [5.74, 6) is -7.34. The second-order valence-electron chi connectivity index (χ2n) is 13.9. The smallest absolute Gasteiger partial charge is 0.274 e. The molecule has 6 heterocycles. The van der Waals surface area contributed by atoms with Gasteiger partial charge in [-0.15, -0.1) is 0 Å². The summed E-state index contributed by atoms with van der Waals surface area (Å²) in [7, 11) is 0. The van der Waals surface area contributed by atoms with Crippen LogP contribution in [-0.2, 0) is 13.1 Å². The summed E-state index contributed by atoms with van der Waals surface area (Å²) in [5.41, 5.74) is -2.87. The van der Waals surface area contributed by atoms with Crippen LogP contribution in [0.3, 0.4) is 0 Å². The average molecular weight is 803 g/mol. The third-order valence-electron chi connectivity index (χ3n) is 10.2. The van der Waals surface area contributed by atoms with E-state index in [9.17, 15) is 56.5 Å². The van der Waals surface area contributed by atoms with Crippen LogP contribution in [0.4, 0.5) is 17.6 Å². The fraction of sp³-hybridized carbons (Fsp3) is 0.250. The summed E-state index contributed by atoms with van der Waals surface area (Å²) in [6.45, 7) is 1.01. The van der Waals surface area contributed by atoms with E-state index in [-0.39, 0.29) is 58.8 Å². The number of rotatable bonds is 6. The number of carbonyl (C=O) groups excluding carboxylic acids is 4. The molecule has 0 aliphatic carbocycles. The highest BCUT2D eigenvalue weighted by Crippen LogP contribution is 2.31. The zero-order valence-corrected chi connectivity index (χ0v) is 30.4. The molecule has 0 radical (unpaired) electrons. The minimum absolute atomic E-state index is 0.0433. The van der Waals surface area contributed by atoms with Crippen LogP contribution in [0.25, 0.3) is 0 Å². The number of benzene rings is 2. The largest absolute Gasteiger partial charge is 0.503 e. The second kappa shape index (κ2) is 15.9. The van der Waals surface area contributed by atoms with E-state index >= 15 is 0 Å². The monoisotopic (exact) mass is 802 g/mol. The molecule has 300 valence electrons. The number of nitrogens with one attached hydrogen (secondary N) is 2. The van der Waals surface area contributed by atoms with Gasteiger partial charge in [-0.05, 0) is 25.0 Å². The number of hydrogen-bond acceptors (Lipinski definition) is 8. The van der Waals surface area contributed by atoms with E-state index in [0.29, 0.717) is 51.2 Å². The predicted molar refractivity (Wildman–Crippen MR) is 197 cm³/mol. The van der Waals surface area contributed by atoms with Crippen molar-refractivity contribution >= 4 is 23.6 Å². The first-order chi connectivity index (χ1) is 27.7. The molecule has 4 bridgehead atoms. The van der Waals surface area contributed by atoms with Gasteiger partial charge in [0.15, 0.2) is 22.9 Å². The molecular weight excluding hydrogens is 768 g/mol. The summed E-state index contributed by atoms with van der Waals surface area (Å²) in [6, 6.07) is 5.42. The molecule has 2 atom stereocenters. The van der Waals surface area contributed by atoms with Crippen molar-refractivity contribution in [1.82, 2.24) is 29.6 Å². The Morgan fingerprint density at radius 3 is 1.40 bits per heavy atom. The zero-order valence-electron chi connectivity index (χ0n) is 30.4. The number of fused-ring (bicyclic) bond motifs is 8. The Morgan fingerprint density at radius 2 is 1.02 bits per heavy atom. The highest BCUT2D eigenvalue weighted by molar-refractivity contribution is 6.00. The van der Waals surface area contributed by atoms with Gasteiger partial charge in [0.25, 0.3) is 23.6 Å². The average Bonchev–Trinajstić information content (AvgIpc) is 3.56. The van der Waals surface area contributed by atoms with Gasteiger partial charge in [-0.3, -0.25) is 28.8 Å². The standard InChI is InChI=1S/2C20H17F2N3O4/c2*21-12-5-4-11(15(22)7-12)8-23-19(28)14-10-25-13-3-1-2-6-24(9-13)20(29)16(25)18(27)17(14)26/h2*1-2,4-5,7,10,13,27H,3,6,8-9H2,(H,23,28)/t2*13-/m10/s1. The third kappa shape index (κ3) is 7.47. The lowest BCUT2D eigenvalue weighted by Crippen LogP contribution is -2.44. The van der Waals surface area contributed by atoms with E-state index in [1.54, 1.807) is 0 Å². The highest BCUT2D eigenvalue weighted by atomic mass is 19.1. The maximum Gasteiger partial charge on any atom is 0.274 e. The van der Waals surface area contributed by atoms with Crippen molar-refractivity contribution in [2.24, 2.45) is 0 Å². The van der Waals surface area contributed by atoms with Crippen LogP contribution in [0.2, 0.25) is 0 Å². The first-order valence-corrected chi connectivity index (χ1v) is 18.0. The van der Waals surface area contributed by atoms with Crippen LogP contribution in [0, 0.1) is 23.3 Å². The Balaban J connectivity index is 0.000000177. The van der Waals surface area contributed by atoms with Gasteiger partial charge in [0, 0.05) is 74.9 Å². The van der Waals surface area contributed by atoms with Gasteiger partial charge in [0.2, 0.25) is 10.9 Å².